The SMILES string of the molecule is COc1cccc(CN2CCN(c3cc(OC)ncn3)CC2=O)c1.O=C(O)C(F)(F)F. The lowest BCUT2D eigenvalue weighted by Crippen LogP contribution is -2.50. The lowest BCUT2D eigenvalue weighted by Gasteiger charge is -2.35. The first-order chi connectivity index (χ1) is 14.6. The molecule has 0 bridgehead atoms. The molecule has 0 atom stereocenters. The third kappa shape index (κ3) is 7.01. The summed E-state index contributed by atoms with van der Waals surface area (Å²) in [5.41, 5.74) is 1.06. The second-order valence-corrected chi connectivity index (χ2v) is 6.31. The summed E-state index contributed by atoms with van der Waals surface area (Å²) in [7, 11) is 3.20. The summed E-state index contributed by atoms with van der Waals surface area (Å²) in [4.78, 5) is 33.4. The van der Waals surface area contributed by atoms with Gasteiger partial charge in [-0.25, -0.2) is 14.8 Å². The normalized spacial score (nSPS) is 13.9. The molecule has 0 saturated carbocycles. The van der Waals surface area contributed by atoms with Gasteiger partial charge in [-0.05, 0) is 17.7 Å². The van der Waals surface area contributed by atoms with E-state index in [1.165, 1.54) is 6.33 Å². The molecule has 31 heavy (non-hydrogen) atoms. The maximum absolute atomic E-state index is 12.5. The molecule has 0 unspecified atom stereocenters. The summed E-state index contributed by atoms with van der Waals surface area (Å²) in [5.74, 6) is -0.691. The smallest absolute Gasteiger partial charge is 0.490 e. The Morgan fingerprint density at radius 3 is 2.45 bits per heavy atom. The Hall–Kier alpha value is -3.57. The molecule has 1 saturated heterocycles. The van der Waals surface area contributed by atoms with Crippen molar-refractivity contribution in [3.05, 3.63) is 42.2 Å². The van der Waals surface area contributed by atoms with E-state index in [0.717, 1.165) is 17.9 Å². The van der Waals surface area contributed by atoms with Gasteiger partial charge in [-0.15, -0.1) is 0 Å². The molecule has 1 fully saturated rings. The molecule has 1 aromatic heterocycles. The van der Waals surface area contributed by atoms with Gasteiger partial charge in [0.25, 0.3) is 0 Å². The number of nitrogens with zero attached hydrogens (tertiary/aromatic N) is 4. The van der Waals surface area contributed by atoms with Crippen molar-refractivity contribution in [3.8, 4) is 11.6 Å². The number of anilines is 1. The fourth-order valence-corrected chi connectivity index (χ4v) is 2.68. The zero-order chi connectivity index (χ0) is 23.0. The highest BCUT2D eigenvalue weighted by atomic mass is 19.4. The molecule has 168 valence electrons. The second kappa shape index (κ2) is 10.5. The van der Waals surface area contributed by atoms with Gasteiger partial charge in [0, 0.05) is 25.7 Å². The van der Waals surface area contributed by atoms with Crippen LogP contribution in [0.3, 0.4) is 0 Å². The van der Waals surface area contributed by atoms with Crippen LogP contribution < -0.4 is 14.4 Å². The number of carbonyl (C=O) groups is 2. The number of carboxylic acids is 1. The van der Waals surface area contributed by atoms with Gasteiger partial charge in [0.15, 0.2) is 0 Å². The highest BCUT2D eigenvalue weighted by Crippen LogP contribution is 2.20. The fourth-order valence-electron chi connectivity index (χ4n) is 2.68. The Labute approximate surface area is 176 Å². The predicted octanol–water partition coefficient (Wildman–Crippen LogP) is 1.98. The van der Waals surface area contributed by atoms with Gasteiger partial charge < -0.3 is 24.4 Å². The molecule has 1 amide bonds. The van der Waals surface area contributed by atoms with E-state index in [1.54, 1.807) is 20.3 Å². The molecule has 2 heterocycles. The van der Waals surface area contributed by atoms with Gasteiger partial charge >= 0.3 is 12.1 Å². The minimum atomic E-state index is -5.08. The largest absolute Gasteiger partial charge is 0.497 e. The van der Waals surface area contributed by atoms with Crippen molar-refractivity contribution < 1.29 is 37.3 Å². The molecule has 3 rings (SSSR count). The van der Waals surface area contributed by atoms with E-state index < -0.39 is 12.1 Å². The second-order valence-electron chi connectivity index (χ2n) is 6.31. The zero-order valence-electron chi connectivity index (χ0n) is 16.8. The minimum Gasteiger partial charge on any atom is -0.497 e. The van der Waals surface area contributed by atoms with Crippen molar-refractivity contribution in [1.82, 2.24) is 14.9 Å². The summed E-state index contributed by atoms with van der Waals surface area (Å²) < 4.78 is 42.1. The summed E-state index contributed by atoms with van der Waals surface area (Å²) in [6, 6.07) is 9.52. The molecule has 1 aromatic carbocycles. The quantitative estimate of drug-likeness (QED) is 0.750. The summed E-state index contributed by atoms with van der Waals surface area (Å²) >= 11 is 0. The Balaban J connectivity index is 0.000000423. The number of hydrogen-bond donors (Lipinski definition) is 1. The van der Waals surface area contributed by atoms with Crippen LogP contribution >= 0.6 is 0 Å². The number of carbonyl (C=O) groups excluding carboxylic acids is 1. The number of amides is 1. The minimum absolute atomic E-state index is 0.0710. The van der Waals surface area contributed by atoms with Crippen LogP contribution in [0.5, 0.6) is 11.6 Å². The first-order valence-electron chi connectivity index (χ1n) is 8.96. The molecule has 1 N–H and O–H groups in total. The average Bonchev–Trinajstić information content (AvgIpc) is 2.75. The number of carboxylic acid groups (broad SMARTS) is 1. The van der Waals surface area contributed by atoms with E-state index >= 15 is 0 Å². The van der Waals surface area contributed by atoms with E-state index in [4.69, 9.17) is 19.4 Å². The molecule has 0 spiro atoms. The van der Waals surface area contributed by atoms with Crippen LogP contribution in [0.4, 0.5) is 19.0 Å². The summed E-state index contributed by atoms with van der Waals surface area (Å²) in [6.45, 7) is 2.24. The highest BCUT2D eigenvalue weighted by molar-refractivity contribution is 5.82. The predicted molar refractivity (Wildman–Crippen MR) is 103 cm³/mol. The highest BCUT2D eigenvalue weighted by Gasteiger charge is 2.38. The molecular weight excluding hydrogens is 421 g/mol. The molecule has 1 aliphatic heterocycles. The van der Waals surface area contributed by atoms with Crippen LogP contribution in [0, 0.1) is 0 Å². The van der Waals surface area contributed by atoms with Crippen LogP contribution in [0.25, 0.3) is 0 Å². The number of hydrogen-bond acceptors (Lipinski definition) is 7. The monoisotopic (exact) mass is 442 g/mol. The van der Waals surface area contributed by atoms with Crippen molar-refractivity contribution in [2.24, 2.45) is 0 Å². The number of benzene rings is 1. The van der Waals surface area contributed by atoms with Gasteiger partial charge in [-0.1, -0.05) is 12.1 Å². The molecule has 2 aromatic rings. The number of halogens is 3. The summed E-state index contributed by atoms with van der Waals surface area (Å²) in [6.07, 6.45) is -3.64. The fraction of sp³-hybridized carbons (Fsp3) is 0.368. The van der Waals surface area contributed by atoms with E-state index in [0.29, 0.717) is 31.3 Å². The van der Waals surface area contributed by atoms with Crippen LogP contribution in [-0.4, -0.2) is 71.9 Å². The number of alkyl halides is 3. The topological polar surface area (TPSA) is 105 Å². The van der Waals surface area contributed by atoms with Gasteiger partial charge in [-0.3, -0.25) is 4.79 Å². The third-order valence-electron chi connectivity index (χ3n) is 4.23. The first kappa shape index (κ1) is 23.7. The molecule has 9 nitrogen and oxygen atoms in total. The number of aliphatic carboxylic acids is 1. The van der Waals surface area contributed by atoms with Gasteiger partial charge in [0.1, 0.15) is 17.9 Å². The Morgan fingerprint density at radius 2 is 1.87 bits per heavy atom. The van der Waals surface area contributed by atoms with Crippen LogP contribution in [-0.2, 0) is 16.1 Å². The van der Waals surface area contributed by atoms with Crippen molar-refractivity contribution in [3.63, 3.8) is 0 Å². The Kier molecular flexibility index (Phi) is 8.00. The molecule has 0 aliphatic carbocycles. The summed E-state index contributed by atoms with van der Waals surface area (Å²) in [5, 5.41) is 7.12. The molecule has 1 aliphatic rings. The Morgan fingerprint density at radius 1 is 1.16 bits per heavy atom. The lowest BCUT2D eigenvalue weighted by atomic mass is 10.2. The Bertz CT molecular complexity index is 910. The molecule has 12 heteroatoms. The van der Waals surface area contributed by atoms with Crippen molar-refractivity contribution in [2.45, 2.75) is 12.7 Å². The van der Waals surface area contributed by atoms with Crippen LogP contribution in [0.15, 0.2) is 36.7 Å². The van der Waals surface area contributed by atoms with E-state index in [2.05, 4.69) is 9.97 Å². The molecule has 0 radical (unpaired) electrons. The standard InChI is InChI=1S/C17H20N4O3.C2HF3O2/c1-23-14-5-3-4-13(8-14)10-21-7-6-20(11-17(21)22)15-9-16(24-2)19-12-18-15;3-2(4,5)1(6)7/h3-5,8-9,12H,6-7,10-11H2,1-2H3;(H,6,7). The lowest BCUT2D eigenvalue weighted by molar-refractivity contribution is -0.192. The van der Waals surface area contributed by atoms with Gasteiger partial charge in [0.2, 0.25) is 11.8 Å². The van der Waals surface area contributed by atoms with Crippen LogP contribution in [0.1, 0.15) is 5.56 Å². The van der Waals surface area contributed by atoms with E-state index in [-0.39, 0.29) is 5.91 Å². The number of rotatable bonds is 5. The third-order valence-corrected chi connectivity index (χ3v) is 4.23. The molecular formula is C19H21F3N4O5. The van der Waals surface area contributed by atoms with E-state index in [1.807, 2.05) is 34.1 Å². The maximum Gasteiger partial charge on any atom is 0.490 e. The number of ether oxygens (including phenoxy) is 2. The zero-order valence-corrected chi connectivity index (χ0v) is 16.8. The van der Waals surface area contributed by atoms with Crippen molar-refractivity contribution in [1.29, 1.82) is 0 Å². The number of piperazine rings is 1. The van der Waals surface area contributed by atoms with Crippen molar-refractivity contribution in [2.75, 3.05) is 38.8 Å². The maximum atomic E-state index is 12.5. The first-order valence-corrected chi connectivity index (χ1v) is 8.96. The van der Waals surface area contributed by atoms with Gasteiger partial charge in [-0.2, -0.15) is 13.2 Å². The number of methoxy groups -OCH3 is 2. The average molecular weight is 442 g/mol. The number of aromatic nitrogens is 2. The van der Waals surface area contributed by atoms with Crippen molar-refractivity contribution >= 4 is 17.7 Å². The van der Waals surface area contributed by atoms with E-state index in [9.17, 15) is 18.0 Å². The van der Waals surface area contributed by atoms with Crippen LogP contribution in [0.2, 0.25) is 0 Å². The van der Waals surface area contributed by atoms with Gasteiger partial charge in [0.05, 0.1) is 20.8 Å².